The van der Waals surface area contributed by atoms with Crippen LogP contribution in [-0.4, -0.2) is 26.9 Å². The average Bonchev–Trinajstić information content (AvgIpc) is 2.91. The van der Waals surface area contributed by atoms with Crippen LogP contribution in [0.5, 0.6) is 0 Å². The fraction of sp³-hybridized carbons (Fsp3) is 0.412. The van der Waals surface area contributed by atoms with Crippen molar-refractivity contribution in [2.45, 2.75) is 33.9 Å². The number of hydrogen-bond donors (Lipinski definition) is 0. The van der Waals surface area contributed by atoms with E-state index in [9.17, 15) is 4.79 Å². The molecule has 0 aliphatic rings. The highest BCUT2D eigenvalue weighted by molar-refractivity contribution is 6.30. The highest BCUT2D eigenvalue weighted by Gasteiger charge is 2.17. The second-order valence-corrected chi connectivity index (χ2v) is 6.04. The lowest BCUT2D eigenvalue weighted by molar-refractivity contribution is -0.135. The van der Waals surface area contributed by atoms with E-state index in [4.69, 9.17) is 11.6 Å². The lowest BCUT2D eigenvalue weighted by atomic mass is 10.2. The molecule has 5 heteroatoms. The summed E-state index contributed by atoms with van der Waals surface area (Å²) in [7, 11) is 0. The van der Waals surface area contributed by atoms with Gasteiger partial charge >= 0.3 is 0 Å². The zero-order chi connectivity index (χ0) is 16.1. The molecule has 22 heavy (non-hydrogen) atoms. The van der Waals surface area contributed by atoms with E-state index in [1.54, 1.807) is 6.20 Å². The monoisotopic (exact) mass is 319 g/mol. The van der Waals surface area contributed by atoms with E-state index in [1.807, 2.05) is 56.1 Å². The van der Waals surface area contributed by atoms with E-state index in [0.717, 1.165) is 16.4 Å². The molecule has 1 heterocycles. The molecule has 0 aliphatic carbocycles. The summed E-state index contributed by atoms with van der Waals surface area (Å²) < 4.78 is 2.06. The number of benzene rings is 1. The maximum absolute atomic E-state index is 12.2. The topological polar surface area (TPSA) is 38.1 Å². The molecule has 4 nitrogen and oxygen atoms in total. The standard InChI is InChI=1S/C17H22ClN3O/c1-4-20(17(22)13(2)3)12-16-19-8-9-21(16)11-14-6-5-7-15(18)10-14/h5-10,13H,4,11-12H2,1-3H3. The van der Waals surface area contributed by atoms with Crippen molar-refractivity contribution in [3.05, 3.63) is 53.1 Å². The third-order valence-corrected chi connectivity index (χ3v) is 3.80. The fourth-order valence-corrected chi connectivity index (χ4v) is 2.56. The molecule has 0 atom stereocenters. The van der Waals surface area contributed by atoms with Gasteiger partial charge in [0.25, 0.3) is 0 Å². The zero-order valence-electron chi connectivity index (χ0n) is 13.3. The lowest BCUT2D eigenvalue weighted by Crippen LogP contribution is -2.34. The van der Waals surface area contributed by atoms with Crippen LogP contribution in [0.1, 0.15) is 32.2 Å². The van der Waals surface area contributed by atoms with Crippen LogP contribution in [0, 0.1) is 5.92 Å². The van der Waals surface area contributed by atoms with Gasteiger partial charge in [-0.1, -0.05) is 37.6 Å². The van der Waals surface area contributed by atoms with E-state index >= 15 is 0 Å². The summed E-state index contributed by atoms with van der Waals surface area (Å²) in [6, 6.07) is 7.78. The molecule has 2 aromatic rings. The third kappa shape index (κ3) is 4.10. The van der Waals surface area contributed by atoms with Crippen molar-refractivity contribution in [2.24, 2.45) is 5.92 Å². The number of rotatable bonds is 6. The van der Waals surface area contributed by atoms with Gasteiger partial charge in [-0.05, 0) is 24.6 Å². The van der Waals surface area contributed by atoms with Crippen molar-refractivity contribution in [3.63, 3.8) is 0 Å². The zero-order valence-corrected chi connectivity index (χ0v) is 14.0. The SMILES string of the molecule is CCN(Cc1nccn1Cc1cccc(Cl)c1)C(=O)C(C)C. The number of aromatic nitrogens is 2. The minimum atomic E-state index is -0.00343. The third-order valence-electron chi connectivity index (χ3n) is 3.56. The molecule has 0 radical (unpaired) electrons. The summed E-state index contributed by atoms with van der Waals surface area (Å²) in [5, 5.41) is 0.726. The van der Waals surface area contributed by atoms with Gasteiger partial charge in [0.05, 0.1) is 6.54 Å². The fourth-order valence-electron chi connectivity index (χ4n) is 2.35. The van der Waals surface area contributed by atoms with Crippen LogP contribution in [0.4, 0.5) is 0 Å². The number of nitrogens with zero attached hydrogens (tertiary/aromatic N) is 3. The van der Waals surface area contributed by atoms with Crippen LogP contribution in [-0.2, 0) is 17.9 Å². The Hall–Kier alpha value is -1.81. The average molecular weight is 320 g/mol. The molecule has 0 spiro atoms. The Bertz CT molecular complexity index is 636. The number of hydrogen-bond acceptors (Lipinski definition) is 2. The smallest absolute Gasteiger partial charge is 0.225 e. The first-order valence-corrected chi connectivity index (χ1v) is 7.92. The van der Waals surface area contributed by atoms with Gasteiger partial charge in [0.2, 0.25) is 5.91 Å². The second kappa shape index (κ2) is 7.45. The highest BCUT2D eigenvalue weighted by Crippen LogP contribution is 2.14. The van der Waals surface area contributed by atoms with Crippen molar-refractivity contribution in [3.8, 4) is 0 Å². The van der Waals surface area contributed by atoms with Gasteiger partial charge in [-0.2, -0.15) is 0 Å². The van der Waals surface area contributed by atoms with Gasteiger partial charge in [0.1, 0.15) is 5.82 Å². The van der Waals surface area contributed by atoms with Crippen molar-refractivity contribution in [1.82, 2.24) is 14.5 Å². The lowest BCUT2D eigenvalue weighted by Gasteiger charge is -2.23. The van der Waals surface area contributed by atoms with Crippen LogP contribution in [0.2, 0.25) is 5.02 Å². The number of carbonyl (C=O) groups excluding carboxylic acids is 1. The highest BCUT2D eigenvalue weighted by atomic mass is 35.5. The largest absolute Gasteiger partial charge is 0.335 e. The predicted octanol–water partition coefficient (Wildman–Crippen LogP) is 3.59. The Balaban J connectivity index is 2.13. The van der Waals surface area contributed by atoms with E-state index in [1.165, 1.54) is 0 Å². The van der Waals surface area contributed by atoms with Crippen molar-refractivity contribution < 1.29 is 4.79 Å². The van der Waals surface area contributed by atoms with E-state index in [-0.39, 0.29) is 11.8 Å². The van der Waals surface area contributed by atoms with Crippen LogP contribution >= 0.6 is 11.6 Å². The molecule has 0 bridgehead atoms. The normalized spacial score (nSPS) is 11.0. The van der Waals surface area contributed by atoms with Gasteiger partial charge < -0.3 is 9.47 Å². The Morgan fingerprint density at radius 1 is 1.41 bits per heavy atom. The summed E-state index contributed by atoms with van der Waals surface area (Å²) in [5.41, 5.74) is 1.12. The molecule has 0 aliphatic heterocycles. The first kappa shape index (κ1) is 16.6. The van der Waals surface area contributed by atoms with Gasteiger partial charge in [0, 0.05) is 36.4 Å². The molecule has 1 aromatic carbocycles. The van der Waals surface area contributed by atoms with E-state index in [2.05, 4.69) is 9.55 Å². The first-order chi connectivity index (χ1) is 10.5. The molecule has 0 fully saturated rings. The van der Waals surface area contributed by atoms with Crippen LogP contribution in [0.15, 0.2) is 36.7 Å². The van der Waals surface area contributed by atoms with E-state index < -0.39 is 0 Å². The minimum Gasteiger partial charge on any atom is -0.335 e. The molecule has 1 amide bonds. The molecule has 0 saturated heterocycles. The molecule has 2 rings (SSSR count). The Labute approximate surface area is 136 Å². The molecule has 118 valence electrons. The maximum atomic E-state index is 12.2. The molecule has 0 unspecified atom stereocenters. The van der Waals surface area contributed by atoms with Crippen molar-refractivity contribution in [1.29, 1.82) is 0 Å². The predicted molar refractivity (Wildman–Crippen MR) is 88.7 cm³/mol. The van der Waals surface area contributed by atoms with Gasteiger partial charge in [-0.3, -0.25) is 4.79 Å². The summed E-state index contributed by atoms with van der Waals surface area (Å²) >= 11 is 6.03. The van der Waals surface area contributed by atoms with Gasteiger partial charge in [0.15, 0.2) is 0 Å². The van der Waals surface area contributed by atoms with E-state index in [0.29, 0.717) is 19.6 Å². The quantitative estimate of drug-likeness (QED) is 0.816. The van der Waals surface area contributed by atoms with Crippen LogP contribution in [0.25, 0.3) is 0 Å². The van der Waals surface area contributed by atoms with Gasteiger partial charge in [-0.15, -0.1) is 0 Å². The maximum Gasteiger partial charge on any atom is 0.225 e. The summed E-state index contributed by atoms with van der Waals surface area (Å²) in [5.74, 6) is 1.03. The number of amides is 1. The first-order valence-electron chi connectivity index (χ1n) is 7.54. The Morgan fingerprint density at radius 3 is 2.82 bits per heavy atom. The summed E-state index contributed by atoms with van der Waals surface area (Å²) in [4.78, 5) is 18.4. The molecule has 0 N–H and O–H groups in total. The van der Waals surface area contributed by atoms with Crippen LogP contribution in [0.3, 0.4) is 0 Å². The number of halogens is 1. The summed E-state index contributed by atoms with van der Waals surface area (Å²) in [6.45, 7) is 7.74. The van der Waals surface area contributed by atoms with Crippen molar-refractivity contribution >= 4 is 17.5 Å². The molecular formula is C17H22ClN3O. The summed E-state index contributed by atoms with van der Waals surface area (Å²) in [6.07, 6.45) is 3.71. The molecule has 0 saturated carbocycles. The van der Waals surface area contributed by atoms with Crippen molar-refractivity contribution in [2.75, 3.05) is 6.54 Å². The number of imidazole rings is 1. The minimum absolute atomic E-state index is 0.00343. The molecular weight excluding hydrogens is 298 g/mol. The van der Waals surface area contributed by atoms with Crippen LogP contribution < -0.4 is 0 Å². The van der Waals surface area contributed by atoms with Gasteiger partial charge in [-0.25, -0.2) is 4.98 Å². The Morgan fingerprint density at radius 2 is 2.18 bits per heavy atom. The second-order valence-electron chi connectivity index (χ2n) is 5.61. The Kier molecular flexibility index (Phi) is 5.61. The number of carbonyl (C=O) groups is 1. The molecule has 1 aromatic heterocycles.